The van der Waals surface area contributed by atoms with E-state index in [4.69, 9.17) is 11.2 Å². The van der Waals surface area contributed by atoms with Crippen molar-refractivity contribution >= 4 is 26.7 Å². The number of halogens is 1. The van der Waals surface area contributed by atoms with Crippen LogP contribution in [0.3, 0.4) is 0 Å². The molecule has 0 radical (unpaired) electrons. The van der Waals surface area contributed by atoms with Crippen LogP contribution in [0.2, 0.25) is 0 Å². The van der Waals surface area contributed by atoms with Crippen LogP contribution in [0.15, 0.2) is 22.7 Å². The average molecular weight is 344 g/mol. The van der Waals surface area contributed by atoms with Gasteiger partial charge in [0, 0.05) is 39.4 Å². The number of nitrogens with one attached hydrogen (secondary N) is 1. The van der Waals surface area contributed by atoms with Crippen molar-refractivity contribution in [2.75, 3.05) is 25.2 Å². The van der Waals surface area contributed by atoms with Gasteiger partial charge in [0.1, 0.15) is 12.4 Å². The number of hydrogen-bond acceptors (Lipinski definition) is 3. The molecule has 0 spiro atoms. The van der Waals surface area contributed by atoms with Crippen LogP contribution in [0.4, 0.5) is 0 Å². The average Bonchev–Trinajstić information content (AvgIpc) is 2.37. The minimum Gasteiger partial charge on any atom is -0.481 e. The van der Waals surface area contributed by atoms with E-state index in [0.717, 1.165) is 34.5 Å². The molecular formula is C14H18BrNO2S. The lowest BCUT2D eigenvalue weighted by molar-refractivity contribution is 0.364. The van der Waals surface area contributed by atoms with E-state index in [2.05, 4.69) is 27.2 Å². The summed E-state index contributed by atoms with van der Waals surface area (Å²) in [5.41, 5.74) is 1.06. The van der Waals surface area contributed by atoms with E-state index in [9.17, 15) is 4.21 Å². The van der Waals surface area contributed by atoms with Gasteiger partial charge >= 0.3 is 0 Å². The first-order chi connectivity index (χ1) is 9.13. The molecule has 0 aromatic heterocycles. The molecule has 0 amide bonds. The summed E-state index contributed by atoms with van der Waals surface area (Å²) in [5.74, 6) is 3.99. The summed E-state index contributed by atoms with van der Waals surface area (Å²) in [7, 11) is -0.720. The number of rotatable bonds is 8. The zero-order chi connectivity index (χ0) is 14.1. The molecule has 5 heteroatoms. The minimum absolute atomic E-state index is 0.267. The van der Waals surface area contributed by atoms with E-state index in [1.54, 1.807) is 6.26 Å². The third kappa shape index (κ3) is 6.76. The van der Waals surface area contributed by atoms with E-state index in [-0.39, 0.29) is 6.61 Å². The molecule has 1 aromatic rings. The molecule has 0 aliphatic heterocycles. The first-order valence-electron chi connectivity index (χ1n) is 5.99. The van der Waals surface area contributed by atoms with E-state index in [1.807, 2.05) is 18.2 Å². The van der Waals surface area contributed by atoms with Gasteiger partial charge in [0.2, 0.25) is 0 Å². The maximum absolute atomic E-state index is 10.9. The molecule has 1 aromatic carbocycles. The quantitative estimate of drug-likeness (QED) is 0.581. The van der Waals surface area contributed by atoms with Crippen molar-refractivity contribution in [1.82, 2.24) is 5.32 Å². The predicted molar refractivity (Wildman–Crippen MR) is 83.7 cm³/mol. The van der Waals surface area contributed by atoms with Crippen molar-refractivity contribution in [3.05, 3.63) is 28.2 Å². The van der Waals surface area contributed by atoms with Gasteiger partial charge in [-0.05, 0) is 31.2 Å². The molecule has 1 unspecified atom stereocenters. The molecule has 3 nitrogen and oxygen atoms in total. The lowest BCUT2D eigenvalue weighted by atomic mass is 10.2. The highest BCUT2D eigenvalue weighted by Crippen LogP contribution is 2.23. The van der Waals surface area contributed by atoms with Gasteiger partial charge in [-0.3, -0.25) is 4.21 Å². The SMILES string of the molecule is C#CCOc1ccc(Br)cc1CNCCCS(C)=O. The Labute approximate surface area is 125 Å². The second-order valence-corrected chi connectivity index (χ2v) is 6.52. The lowest BCUT2D eigenvalue weighted by Crippen LogP contribution is -2.17. The number of ether oxygens (including phenoxy) is 1. The van der Waals surface area contributed by atoms with E-state index in [1.165, 1.54) is 0 Å². The number of terminal acetylenes is 1. The van der Waals surface area contributed by atoms with Crippen LogP contribution in [-0.2, 0) is 17.3 Å². The summed E-state index contributed by atoms with van der Waals surface area (Å²) in [4.78, 5) is 0. The van der Waals surface area contributed by atoms with Crippen molar-refractivity contribution in [2.24, 2.45) is 0 Å². The Bertz CT molecular complexity index is 471. The molecule has 19 heavy (non-hydrogen) atoms. The molecule has 104 valence electrons. The minimum atomic E-state index is -0.720. The predicted octanol–water partition coefficient (Wildman–Crippen LogP) is 2.32. The van der Waals surface area contributed by atoms with Crippen LogP contribution in [0.5, 0.6) is 5.75 Å². The molecule has 0 saturated carbocycles. The van der Waals surface area contributed by atoms with Crippen LogP contribution in [0.25, 0.3) is 0 Å². The third-order valence-electron chi connectivity index (χ3n) is 2.43. The fourth-order valence-corrected chi connectivity index (χ4v) is 2.53. The van der Waals surface area contributed by atoms with Gasteiger partial charge in [-0.1, -0.05) is 21.9 Å². The molecular weight excluding hydrogens is 326 g/mol. The molecule has 0 saturated heterocycles. The first-order valence-corrected chi connectivity index (χ1v) is 8.51. The highest BCUT2D eigenvalue weighted by molar-refractivity contribution is 9.10. The van der Waals surface area contributed by atoms with Crippen molar-refractivity contribution in [3.63, 3.8) is 0 Å². The molecule has 0 fully saturated rings. The van der Waals surface area contributed by atoms with Gasteiger partial charge in [-0.15, -0.1) is 6.42 Å². The van der Waals surface area contributed by atoms with E-state index < -0.39 is 10.8 Å². The zero-order valence-corrected chi connectivity index (χ0v) is 13.4. The van der Waals surface area contributed by atoms with Crippen molar-refractivity contribution in [2.45, 2.75) is 13.0 Å². The second-order valence-electron chi connectivity index (χ2n) is 4.05. The van der Waals surface area contributed by atoms with Crippen molar-refractivity contribution < 1.29 is 8.95 Å². The molecule has 1 N–H and O–H groups in total. The van der Waals surface area contributed by atoms with Crippen molar-refractivity contribution in [1.29, 1.82) is 0 Å². The molecule has 0 aliphatic rings. The summed E-state index contributed by atoms with van der Waals surface area (Å²) >= 11 is 3.44. The highest BCUT2D eigenvalue weighted by atomic mass is 79.9. The summed E-state index contributed by atoms with van der Waals surface area (Å²) in [6.45, 7) is 1.81. The van der Waals surface area contributed by atoms with Crippen molar-refractivity contribution in [3.8, 4) is 18.1 Å². The summed E-state index contributed by atoms with van der Waals surface area (Å²) in [6.07, 6.45) is 7.82. The number of hydrogen-bond donors (Lipinski definition) is 1. The Morgan fingerprint density at radius 2 is 2.32 bits per heavy atom. The summed E-state index contributed by atoms with van der Waals surface area (Å²) < 4.78 is 17.4. The maximum atomic E-state index is 10.9. The molecule has 0 heterocycles. The van der Waals surface area contributed by atoms with E-state index >= 15 is 0 Å². The molecule has 0 aliphatic carbocycles. The van der Waals surface area contributed by atoms with Gasteiger partial charge in [0.15, 0.2) is 0 Å². The van der Waals surface area contributed by atoms with Crippen LogP contribution in [0, 0.1) is 12.3 Å². The fourth-order valence-electron chi connectivity index (χ4n) is 1.57. The Morgan fingerprint density at radius 1 is 1.53 bits per heavy atom. The topological polar surface area (TPSA) is 38.3 Å². The fraction of sp³-hybridized carbons (Fsp3) is 0.429. The Balaban J connectivity index is 2.48. The molecule has 0 bridgehead atoms. The van der Waals surface area contributed by atoms with Crippen LogP contribution in [-0.4, -0.2) is 29.4 Å². The Morgan fingerprint density at radius 3 is 3.00 bits per heavy atom. The summed E-state index contributed by atoms with van der Waals surface area (Å²) in [6, 6.07) is 5.84. The largest absolute Gasteiger partial charge is 0.481 e. The van der Waals surface area contributed by atoms with Crippen LogP contribution >= 0.6 is 15.9 Å². The maximum Gasteiger partial charge on any atom is 0.148 e. The number of benzene rings is 1. The Kier molecular flexibility index (Phi) is 7.80. The van der Waals surface area contributed by atoms with Gasteiger partial charge < -0.3 is 10.1 Å². The van der Waals surface area contributed by atoms with Crippen LogP contribution in [0.1, 0.15) is 12.0 Å². The Hall–Kier alpha value is -0.830. The molecule has 1 atom stereocenters. The second kappa shape index (κ2) is 9.13. The van der Waals surface area contributed by atoms with Gasteiger partial charge in [-0.2, -0.15) is 0 Å². The lowest BCUT2D eigenvalue weighted by Gasteiger charge is -2.11. The third-order valence-corrected chi connectivity index (χ3v) is 3.79. The normalized spacial score (nSPS) is 11.8. The summed E-state index contributed by atoms with van der Waals surface area (Å²) in [5, 5.41) is 3.31. The molecule has 1 rings (SSSR count). The van der Waals surface area contributed by atoms with E-state index in [0.29, 0.717) is 6.54 Å². The van der Waals surface area contributed by atoms with Gasteiger partial charge in [0.05, 0.1) is 0 Å². The highest BCUT2D eigenvalue weighted by Gasteiger charge is 2.04. The first kappa shape index (κ1) is 16.2. The smallest absolute Gasteiger partial charge is 0.148 e. The monoisotopic (exact) mass is 343 g/mol. The zero-order valence-electron chi connectivity index (χ0n) is 10.9. The van der Waals surface area contributed by atoms with Gasteiger partial charge in [0.25, 0.3) is 0 Å². The van der Waals surface area contributed by atoms with Crippen LogP contribution < -0.4 is 10.1 Å². The van der Waals surface area contributed by atoms with Gasteiger partial charge in [-0.25, -0.2) is 0 Å². The standard InChI is InChI=1S/C14H18BrNO2S/c1-3-8-18-14-6-5-13(15)10-12(14)11-16-7-4-9-19(2)17/h1,5-6,10,16H,4,7-9,11H2,2H3.